The van der Waals surface area contributed by atoms with E-state index in [1.807, 2.05) is 50.4 Å². The number of hydrogen-bond donors (Lipinski definition) is 1. The molecule has 7 heteroatoms. The number of aromatic nitrogens is 2. The van der Waals surface area contributed by atoms with Crippen LogP contribution in [0.15, 0.2) is 52.9 Å². The van der Waals surface area contributed by atoms with Crippen LogP contribution in [0.25, 0.3) is 0 Å². The van der Waals surface area contributed by atoms with Gasteiger partial charge in [-0.2, -0.15) is 0 Å². The van der Waals surface area contributed by atoms with Gasteiger partial charge in [-0.05, 0) is 49.6 Å². The topological polar surface area (TPSA) is 58.1 Å². The van der Waals surface area contributed by atoms with Gasteiger partial charge in [0, 0.05) is 12.7 Å². The Hall–Kier alpha value is -2.38. The minimum atomic E-state index is 0.0331. The fraction of sp³-hybridized carbons (Fsp3) is 0.286. The molecule has 1 amide bonds. The molecule has 3 aromatic rings. The van der Waals surface area contributed by atoms with Crippen LogP contribution in [0.1, 0.15) is 29.7 Å². The van der Waals surface area contributed by atoms with Crippen LogP contribution in [0, 0.1) is 13.8 Å². The third-order valence-corrected chi connectivity index (χ3v) is 6.70. The van der Waals surface area contributed by atoms with E-state index in [9.17, 15) is 4.79 Å². The van der Waals surface area contributed by atoms with Gasteiger partial charge in [0.2, 0.25) is 11.0 Å². The average Bonchev–Trinajstić information content (AvgIpc) is 3.15. The molecule has 0 fully saturated rings. The first-order chi connectivity index (χ1) is 13.4. The summed E-state index contributed by atoms with van der Waals surface area (Å²) >= 11 is 2.88. The molecular formula is C21H24N4OS2. The third kappa shape index (κ3) is 5.11. The van der Waals surface area contributed by atoms with E-state index >= 15 is 0 Å². The van der Waals surface area contributed by atoms with Crippen molar-refractivity contribution in [2.75, 3.05) is 18.1 Å². The van der Waals surface area contributed by atoms with Crippen LogP contribution in [-0.4, -0.2) is 33.8 Å². The number of thioether (sulfide) groups is 1. The van der Waals surface area contributed by atoms with Crippen molar-refractivity contribution >= 4 is 39.8 Å². The van der Waals surface area contributed by atoms with Gasteiger partial charge in [0.15, 0.2) is 4.34 Å². The molecule has 0 spiro atoms. The molecule has 0 saturated carbocycles. The third-order valence-electron chi connectivity index (χ3n) is 4.74. The molecule has 3 rings (SSSR count). The number of nitrogens with zero attached hydrogens (tertiary/aromatic N) is 3. The van der Waals surface area contributed by atoms with E-state index in [4.69, 9.17) is 0 Å². The lowest BCUT2D eigenvalue weighted by Gasteiger charge is -2.25. The van der Waals surface area contributed by atoms with Gasteiger partial charge in [0.05, 0.1) is 11.8 Å². The number of rotatable bonds is 7. The van der Waals surface area contributed by atoms with E-state index in [2.05, 4.69) is 41.5 Å². The molecule has 0 saturated heterocycles. The average molecular weight is 413 g/mol. The predicted molar refractivity (Wildman–Crippen MR) is 117 cm³/mol. The first-order valence-corrected chi connectivity index (χ1v) is 10.9. The molecule has 146 valence electrons. The molecule has 0 aliphatic heterocycles. The highest BCUT2D eigenvalue weighted by Gasteiger charge is 2.18. The zero-order valence-electron chi connectivity index (χ0n) is 16.5. The number of carbonyl (C=O) groups excluding carboxylic acids is 1. The Kier molecular flexibility index (Phi) is 6.70. The van der Waals surface area contributed by atoms with Crippen LogP contribution in [0.2, 0.25) is 0 Å². The van der Waals surface area contributed by atoms with Crippen LogP contribution < -0.4 is 5.32 Å². The maximum absolute atomic E-state index is 12.5. The van der Waals surface area contributed by atoms with Crippen molar-refractivity contribution in [3.8, 4) is 0 Å². The summed E-state index contributed by atoms with van der Waals surface area (Å²) in [6, 6.07) is 16.3. The molecule has 1 aromatic heterocycles. The van der Waals surface area contributed by atoms with Crippen LogP contribution in [0.3, 0.4) is 0 Å². The lowest BCUT2D eigenvalue weighted by atomic mass is 10.1. The predicted octanol–water partition coefficient (Wildman–Crippen LogP) is 5.21. The van der Waals surface area contributed by atoms with Crippen molar-refractivity contribution in [3.63, 3.8) is 0 Å². The highest BCUT2D eigenvalue weighted by Crippen LogP contribution is 2.29. The first kappa shape index (κ1) is 20.4. The van der Waals surface area contributed by atoms with Gasteiger partial charge in [-0.15, -0.1) is 10.2 Å². The van der Waals surface area contributed by atoms with E-state index in [1.54, 1.807) is 4.90 Å². The van der Waals surface area contributed by atoms with E-state index in [0.717, 1.165) is 20.7 Å². The number of amides is 1. The van der Waals surface area contributed by atoms with Gasteiger partial charge in [-0.1, -0.05) is 59.5 Å². The maximum atomic E-state index is 12.5. The molecule has 1 atom stereocenters. The Morgan fingerprint density at radius 3 is 2.61 bits per heavy atom. The van der Waals surface area contributed by atoms with Crippen molar-refractivity contribution in [2.24, 2.45) is 0 Å². The van der Waals surface area contributed by atoms with Crippen molar-refractivity contribution < 1.29 is 4.79 Å². The SMILES string of the molecule is Cc1ccc(Nc2nnc(SCC(=O)N(C)C(C)c3ccccc3)s2)cc1C. The summed E-state index contributed by atoms with van der Waals surface area (Å²) in [7, 11) is 1.84. The Labute approximate surface area is 174 Å². The minimum Gasteiger partial charge on any atom is -0.338 e. The van der Waals surface area contributed by atoms with Gasteiger partial charge in [-0.3, -0.25) is 4.79 Å². The number of anilines is 2. The Morgan fingerprint density at radius 2 is 1.89 bits per heavy atom. The summed E-state index contributed by atoms with van der Waals surface area (Å²) in [5.41, 5.74) is 4.60. The fourth-order valence-corrected chi connectivity index (χ4v) is 4.35. The van der Waals surface area contributed by atoms with Crippen LogP contribution in [0.4, 0.5) is 10.8 Å². The molecule has 28 heavy (non-hydrogen) atoms. The summed E-state index contributed by atoms with van der Waals surface area (Å²) in [5.74, 6) is 0.409. The molecule has 1 N–H and O–H groups in total. The molecule has 0 bridgehead atoms. The first-order valence-electron chi connectivity index (χ1n) is 9.05. The van der Waals surface area contributed by atoms with Gasteiger partial charge >= 0.3 is 0 Å². The molecule has 0 aliphatic carbocycles. The second-order valence-electron chi connectivity index (χ2n) is 6.68. The van der Waals surface area contributed by atoms with Crippen molar-refractivity contribution in [1.82, 2.24) is 15.1 Å². The van der Waals surface area contributed by atoms with Gasteiger partial charge in [0.25, 0.3) is 0 Å². The van der Waals surface area contributed by atoms with E-state index < -0.39 is 0 Å². The largest absolute Gasteiger partial charge is 0.338 e. The summed E-state index contributed by atoms with van der Waals surface area (Å²) in [6.07, 6.45) is 0. The fourth-order valence-electron chi connectivity index (χ4n) is 2.66. The van der Waals surface area contributed by atoms with Crippen molar-refractivity contribution in [1.29, 1.82) is 0 Å². The summed E-state index contributed by atoms with van der Waals surface area (Å²) < 4.78 is 0.778. The van der Waals surface area contributed by atoms with Gasteiger partial charge in [0.1, 0.15) is 0 Å². The number of benzene rings is 2. The van der Waals surface area contributed by atoms with Crippen molar-refractivity contribution in [3.05, 3.63) is 65.2 Å². The second-order valence-corrected chi connectivity index (χ2v) is 8.88. The Bertz CT molecular complexity index is 943. The molecule has 5 nitrogen and oxygen atoms in total. The second kappa shape index (κ2) is 9.21. The zero-order chi connectivity index (χ0) is 20.1. The van der Waals surface area contributed by atoms with Gasteiger partial charge in [-0.25, -0.2) is 0 Å². The molecule has 1 unspecified atom stereocenters. The maximum Gasteiger partial charge on any atom is 0.233 e. The number of carbonyl (C=O) groups is 1. The number of hydrogen-bond acceptors (Lipinski definition) is 6. The zero-order valence-corrected chi connectivity index (χ0v) is 18.1. The monoisotopic (exact) mass is 412 g/mol. The highest BCUT2D eigenvalue weighted by atomic mass is 32.2. The number of nitrogens with one attached hydrogen (secondary N) is 1. The van der Waals surface area contributed by atoms with Crippen LogP contribution in [-0.2, 0) is 4.79 Å². The lowest BCUT2D eigenvalue weighted by molar-refractivity contribution is -0.128. The minimum absolute atomic E-state index is 0.0331. The quantitative estimate of drug-likeness (QED) is 0.540. The molecule has 1 heterocycles. The molecule has 0 aliphatic rings. The standard InChI is InChI=1S/C21H24N4OS2/c1-14-10-11-18(12-15(14)2)22-20-23-24-21(28-20)27-13-19(26)25(4)16(3)17-8-6-5-7-9-17/h5-12,16H,13H2,1-4H3,(H,22,23). The number of aryl methyl sites for hydroxylation is 2. The van der Waals surface area contributed by atoms with Gasteiger partial charge < -0.3 is 10.2 Å². The van der Waals surface area contributed by atoms with Crippen LogP contribution >= 0.6 is 23.1 Å². The normalized spacial score (nSPS) is 11.9. The van der Waals surface area contributed by atoms with E-state index in [-0.39, 0.29) is 11.9 Å². The molecule has 2 aromatic carbocycles. The highest BCUT2D eigenvalue weighted by molar-refractivity contribution is 8.01. The smallest absolute Gasteiger partial charge is 0.233 e. The summed E-state index contributed by atoms with van der Waals surface area (Å²) in [5, 5.41) is 12.4. The van der Waals surface area contributed by atoms with E-state index in [1.165, 1.54) is 34.2 Å². The van der Waals surface area contributed by atoms with E-state index in [0.29, 0.717) is 5.75 Å². The Morgan fingerprint density at radius 1 is 1.14 bits per heavy atom. The summed E-state index contributed by atoms with van der Waals surface area (Å²) in [6.45, 7) is 6.21. The lowest BCUT2D eigenvalue weighted by Crippen LogP contribution is -2.31. The molecular weight excluding hydrogens is 388 g/mol. The van der Waals surface area contributed by atoms with Crippen LogP contribution in [0.5, 0.6) is 0 Å². The van der Waals surface area contributed by atoms with Crippen molar-refractivity contribution in [2.45, 2.75) is 31.2 Å². The molecule has 0 radical (unpaired) electrons. The Balaban J connectivity index is 1.55. The summed E-state index contributed by atoms with van der Waals surface area (Å²) in [4.78, 5) is 14.3.